The van der Waals surface area contributed by atoms with Gasteiger partial charge in [0, 0.05) is 18.1 Å². The van der Waals surface area contributed by atoms with Crippen LogP contribution in [0, 0.1) is 0 Å². The van der Waals surface area contributed by atoms with Crippen molar-refractivity contribution in [2.75, 3.05) is 13.9 Å². The second-order valence-corrected chi connectivity index (χ2v) is 3.40. The van der Waals surface area contributed by atoms with E-state index in [2.05, 4.69) is 0 Å². The lowest BCUT2D eigenvalue weighted by Crippen LogP contribution is -1.99. The second-order valence-electron chi connectivity index (χ2n) is 3.40. The van der Waals surface area contributed by atoms with E-state index in [9.17, 15) is 4.79 Å². The van der Waals surface area contributed by atoms with Gasteiger partial charge in [-0.15, -0.1) is 0 Å². The van der Waals surface area contributed by atoms with Crippen LogP contribution in [0.2, 0.25) is 0 Å². The molecule has 0 spiro atoms. The largest absolute Gasteiger partial charge is 0.496 e. The molecule has 0 atom stereocenters. The quantitative estimate of drug-likeness (QED) is 0.756. The summed E-state index contributed by atoms with van der Waals surface area (Å²) in [5.74, 6) is 2.09. The molecule has 0 fully saturated rings. The predicted molar refractivity (Wildman–Crippen MR) is 53.5 cm³/mol. The molecule has 1 aromatic rings. The fourth-order valence-electron chi connectivity index (χ4n) is 1.56. The van der Waals surface area contributed by atoms with E-state index in [1.807, 2.05) is 0 Å². The SMILES string of the molecule is COc1cc2c(cc1CC(C)=O)OCO2. The van der Waals surface area contributed by atoms with Crippen LogP contribution in [0.5, 0.6) is 17.2 Å². The van der Waals surface area contributed by atoms with Crippen LogP contribution in [-0.2, 0) is 11.2 Å². The van der Waals surface area contributed by atoms with Crippen molar-refractivity contribution in [2.24, 2.45) is 0 Å². The third kappa shape index (κ3) is 1.88. The van der Waals surface area contributed by atoms with E-state index in [4.69, 9.17) is 14.2 Å². The summed E-state index contributed by atoms with van der Waals surface area (Å²) < 4.78 is 15.6. The first kappa shape index (κ1) is 9.83. The lowest BCUT2D eigenvalue weighted by molar-refractivity contribution is -0.116. The first-order chi connectivity index (χ1) is 7.20. The van der Waals surface area contributed by atoms with E-state index < -0.39 is 0 Å². The summed E-state index contributed by atoms with van der Waals surface area (Å²) in [4.78, 5) is 11.1. The molecule has 1 heterocycles. The Hall–Kier alpha value is -1.71. The lowest BCUT2D eigenvalue weighted by Gasteiger charge is -2.08. The van der Waals surface area contributed by atoms with Crippen LogP contribution in [0.15, 0.2) is 12.1 Å². The van der Waals surface area contributed by atoms with Gasteiger partial charge in [-0.1, -0.05) is 0 Å². The number of ketones is 1. The molecule has 1 aromatic carbocycles. The number of Topliss-reactive ketones (excluding diaryl/α,β-unsaturated/α-hetero) is 1. The highest BCUT2D eigenvalue weighted by Crippen LogP contribution is 2.38. The van der Waals surface area contributed by atoms with E-state index in [0.29, 0.717) is 23.7 Å². The highest BCUT2D eigenvalue weighted by molar-refractivity contribution is 5.79. The second kappa shape index (κ2) is 3.81. The molecule has 0 aliphatic carbocycles. The number of ether oxygens (including phenoxy) is 3. The first-order valence-corrected chi connectivity index (χ1v) is 4.66. The van der Waals surface area contributed by atoms with Crippen molar-refractivity contribution < 1.29 is 19.0 Å². The van der Waals surface area contributed by atoms with E-state index in [0.717, 1.165) is 5.56 Å². The van der Waals surface area contributed by atoms with Gasteiger partial charge in [0.05, 0.1) is 7.11 Å². The Bertz CT molecular complexity index is 398. The van der Waals surface area contributed by atoms with E-state index >= 15 is 0 Å². The third-order valence-corrected chi connectivity index (χ3v) is 2.22. The van der Waals surface area contributed by atoms with Crippen molar-refractivity contribution in [1.29, 1.82) is 0 Å². The highest BCUT2D eigenvalue weighted by atomic mass is 16.7. The number of rotatable bonds is 3. The molecule has 0 saturated carbocycles. The van der Waals surface area contributed by atoms with Gasteiger partial charge in [-0.2, -0.15) is 0 Å². The molecule has 80 valence electrons. The van der Waals surface area contributed by atoms with Gasteiger partial charge >= 0.3 is 0 Å². The fraction of sp³-hybridized carbons (Fsp3) is 0.364. The number of carbonyl (C=O) groups excluding carboxylic acids is 1. The molecule has 0 radical (unpaired) electrons. The topological polar surface area (TPSA) is 44.8 Å². The maximum atomic E-state index is 11.1. The van der Waals surface area contributed by atoms with Crippen LogP contribution in [0.1, 0.15) is 12.5 Å². The molecule has 1 aliphatic heterocycles. The summed E-state index contributed by atoms with van der Waals surface area (Å²) in [6, 6.07) is 3.54. The van der Waals surface area contributed by atoms with E-state index in [1.54, 1.807) is 26.2 Å². The average Bonchev–Trinajstić information content (AvgIpc) is 2.62. The zero-order valence-corrected chi connectivity index (χ0v) is 8.70. The Labute approximate surface area is 87.8 Å². The van der Waals surface area contributed by atoms with Crippen LogP contribution >= 0.6 is 0 Å². The third-order valence-electron chi connectivity index (χ3n) is 2.22. The monoisotopic (exact) mass is 208 g/mol. The standard InChI is InChI=1S/C11H12O4/c1-7(12)3-8-4-10-11(15-6-14-10)5-9(8)13-2/h4-5H,3,6H2,1-2H3. The van der Waals surface area contributed by atoms with Gasteiger partial charge < -0.3 is 14.2 Å². The lowest BCUT2D eigenvalue weighted by atomic mass is 10.1. The number of hydrogen-bond acceptors (Lipinski definition) is 4. The minimum atomic E-state index is 0.0900. The van der Waals surface area contributed by atoms with Crippen molar-refractivity contribution in [1.82, 2.24) is 0 Å². The van der Waals surface area contributed by atoms with Gasteiger partial charge in [0.1, 0.15) is 11.5 Å². The molecule has 0 saturated heterocycles. The molecular weight excluding hydrogens is 196 g/mol. The molecular formula is C11H12O4. The number of fused-ring (bicyclic) bond motifs is 1. The maximum absolute atomic E-state index is 11.1. The Morgan fingerprint density at radius 1 is 1.40 bits per heavy atom. The summed E-state index contributed by atoms with van der Waals surface area (Å²) in [7, 11) is 1.57. The first-order valence-electron chi connectivity index (χ1n) is 4.66. The van der Waals surface area contributed by atoms with Gasteiger partial charge in [-0.25, -0.2) is 0 Å². The number of methoxy groups -OCH3 is 1. The molecule has 1 aliphatic rings. The van der Waals surface area contributed by atoms with Gasteiger partial charge in [0.25, 0.3) is 0 Å². The highest BCUT2D eigenvalue weighted by Gasteiger charge is 2.18. The Kier molecular flexibility index (Phi) is 2.49. The molecule has 0 unspecified atom stereocenters. The van der Waals surface area contributed by atoms with Gasteiger partial charge in [-0.3, -0.25) is 4.79 Å². The summed E-state index contributed by atoms with van der Waals surface area (Å²) in [6.45, 7) is 1.77. The predicted octanol–water partition coefficient (Wildman–Crippen LogP) is 1.56. The van der Waals surface area contributed by atoms with Crippen LogP contribution in [-0.4, -0.2) is 19.7 Å². The molecule has 0 amide bonds. The molecule has 4 nitrogen and oxygen atoms in total. The average molecular weight is 208 g/mol. The summed E-state index contributed by atoms with van der Waals surface area (Å²) >= 11 is 0. The van der Waals surface area contributed by atoms with Crippen LogP contribution < -0.4 is 14.2 Å². The van der Waals surface area contributed by atoms with E-state index in [1.165, 1.54) is 0 Å². The van der Waals surface area contributed by atoms with Crippen molar-refractivity contribution in [3.05, 3.63) is 17.7 Å². The summed E-state index contributed by atoms with van der Waals surface area (Å²) in [5, 5.41) is 0. The van der Waals surface area contributed by atoms with Gasteiger partial charge in [0.2, 0.25) is 6.79 Å². The van der Waals surface area contributed by atoms with Crippen molar-refractivity contribution >= 4 is 5.78 Å². The fourth-order valence-corrected chi connectivity index (χ4v) is 1.56. The van der Waals surface area contributed by atoms with Crippen LogP contribution in [0.4, 0.5) is 0 Å². The van der Waals surface area contributed by atoms with Gasteiger partial charge in [-0.05, 0) is 13.0 Å². The Morgan fingerprint density at radius 2 is 2.07 bits per heavy atom. The van der Waals surface area contributed by atoms with Gasteiger partial charge in [0.15, 0.2) is 11.5 Å². The smallest absolute Gasteiger partial charge is 0.231 e. The van der Waals surface area contributed by atoms with Crippen LogP contribution in [0.25, 0.3) is 0 Å². The Morgan fingerprint density at radius 3 is 2.67 bits per heavy atom. The van der Waals surface area contributed by atoms with E-state index in [-0.39, 0.29) is 12.6 Å². The van der Waals surface area contributed by atoms with Crippen LogP contribution in [0.3, 0.4) is 0 Å². The van der Waals surface area contributed by atoms with Crippen molar-refractivity contribution in [2.45, 2.75) is 13.3 Å². The summed E-state index contributed by atoms with van der Waals surface area (Å²) in [6.07, 6.45) is 0.347. The minimum Gasteiger partial charge on any atom is -0.496 e. The summed E-state index contributed by atoms with van der Waals surface area (Å²) in [5.41, 5.74) is 0.828. The molecule has 0 aromatic heterocycles. The molecule has 2 rings (SSSR count). The molecule has 0 N–H and O–H groups in total. The number of carbonyl (C=O) groups is 1. The zero-order chi connectivity index (χ0) is 10.8. The Balaban J connectivity index is 2.39. The zero-order valence-electron chi connectivity index (χ0n) is 8.70. The molecule has 15 heavy (non-hydrogen) atoms. The maximum Gasteiger partial charge on any atom is 0.231 e. The molecule has 0 bridgehead atoms. The minimum absolute atomic E-state index is 0.0900. The van der Waals surface area contributed by atoms with Crippen molar-refractivity contribution in [3.63, 3.8) is 0 Å². The number of benzene rings is 1. The number of hydrogen-bond donors (Lipinski definition) is 0. The normalized spacial score (nSPS) is 12.7. The van der Waals surface area contributed by atoms with Crippen molar-refractivity contribution in [3.8, 4) is 17.2 Å². The molecule has 4 heteroatoms.